The SMILES string of the molecule is C#CCOc1c(Cl)cc(/C=N/N=C(N)N)cc1OCC. The van der Waals surface area contributed by atoms with E-state index in [0.29, 0.717) is 28.7 Å². The quantitative estimate of drug-likeness (QED) is 0.358. The summed E-state index contributed by atoms with van der Waals surface area (Å²) in [6, 6.07) is 3.34. The molecule has 106 valence electrons. The van der Waals surface area contributed by atoms with Crippen LogP contribution >= 0.6 is 11.6 Å². The van der Waals surface area contributed by atoms with Crippen LogP contribution in [0.3, 0.4) is 0 Å². The van der Waals surface area contributed by atoms with E-state index in [1.807, 2.05) is 6.92 Å². The van der Waals surface area contributed by atoms with Crippen LogP contribution in [0.2, 0.25) is 5.02 Å². The van der Waals surface area contributed by atoms with Gasteiger partial charge in [-0.2, -0.15) is 5.10 Å². The van der Waals surface area contributed by atoms with Crippen LogP contribution in [0.4, 0.5) is 0 Å². The van der Waals surface area contributed by atoms with Gasteiger partial charge < -0.3 is 20.9 Å². The zero-order valence-electron chi connectivity index (χ0n) is 11.0. The molecule has 1 aromatic rings. The smallest absolute Gasteiger partial charge is 0.211 e. The van der Waals surface area contributed by atoms with Crippen LogP contribution in [0.1, 0.15) is 12.5 Å². The number of terminal acetylenes is 1. The third kappa shape index (κ3) is 4.71. The molecular weight excluding hydrogens is 280 g/mol. The molecule has 0 aliphatic carbocycles. The fourth-order valence-corrected chi connectivity index (χ4v) is 1.62. The highest BCUT2D eigenvalue weighted by Crippen LogP contribution is 2.36. The van der Waals surface area contributed by atoms with E-state index in [9.17, 15) is 0 Å². The fourth-order valence-electron chi connectivity index (χ4n) is 1.34. The Kier molecular flexibility index (Phi) is 6.20. The number of rotatable bonds is 6. The Labute approximate surface area is 122 Å². The summed E-state index contributed by atoms with van der Waals surface area (Å²) in [7, 11) is 0. The van der Waals surface area contributed by atoms with E-state index < -0.39 is 0 Å². The van der Waals surface area contributed by atoms with Gasteiger partial charge in [-0.15, -0.1) is 11.5 Å². The third-order valence-electron chi connectivity index (χ3n) is 2.01. The van der Waals surface area contributed by atoms with Crippen LogP contribution < -0.4 is 20.9 Å². The van der Waals surface area contributed by atoms with Gasteiger partial charge in [0.1, 0.15) is 6.61 Å². The lowest BCUT2D eigenvalue weighted by Crippen LogP contribution is -2.21. The van der Waals surface area contributed by atoms with Crippen molar-refractivity contribution in [3.8, 4) is 23.8 Å². The van der Waals surface area contributed by atoms with E-state index in [1.165, 1.54) is 6.21 Å². The maximum Gasteiger partial charge on any atom is 0.211 e. The summed E-state index contributed by atoms with van der Waals surface area (Å²) in [5.41, 5.74) is 11.0. The summed E-state index contributed by atoms with van der Waals surface area (Å²) in [6.45, 7) is 2.40. The lowest BCUT2D eigenvalue weighted by molar-refractivity contribution is 0.299. The van der Waals surface area contributed by atoms with Crippen molar-refractivity contribution in [2.24, 2.45) is 21.7 Å². The number of hydrogen-bond donors (Lipinski definition) is 2. The molecule has 1 aromatic carbocycles. The molecule has 4 N–H and O–H groups in total. The maximum absolute atomic E-state index is 6.13. The highest BCUT2D eigenvalue weighted by Gasteiger charge is 2.11. The van der Waals surface area contributed by atoms with Crippen LogP contribution in [0.25, 0.3) is 0 Å². The van der Waals surface area contributed by atoms with Crippen molar-refractivity contribution in [3.63, 3.8) is 0 Å². The van der Waals surface area contributed by atoms with Gasteiger partial charge in [-0.3, -0.25) is 0 Å². The Morgan fingerprint density at radius 3 is 2.80 bits per heavy atom. The van der Waals surface area contributed by atoms with Crippen molar-refractivity contribution in [1.29, 1.82) is 0 Å². The number of hydrogen-bond acceptors (Lipinski definition) is 4. The first-order chi connectivity index (χ1) is 9.58. The zero-order chi connectivity index (χ0) is 15.0. The molecule has 0 saturated heterocycles. The fraction of sp³-hybridized carbons (Fsp3) is 0.231. The van der Waals surface area contributed by atoms with Gasteiger partial charge in [0.2, 0.25) is 5.96 Å². The van der Waals surface area contributed by atoms with Gasteiger partial charge in [-0.05, 0) is 19.1 Å². The first-order valence-electron chi connectivity index (χ1n) is 5.73. The number of nitrogens with zero attached hydrogens (tertiary/aromatic N) is 2. The van der Waals surface area contributed by atoms with Crippen LogP contribution in [-0.2, 0) is 0 Å². The average molecular weight is 295 g/mol. The lowest BCUT2D eigenvalue weighted by atomic mass is 10.2. The molecule has 7 heteroatoms. The molecule has 6 nitrogen and oxygen atoms in total. The molecule has 0 aliphatic rings. The lowest BCUT2D eigenvalue weighted by Gasteiger charge is -2.12. The molecule has 0 aliphatic heterocycles. The van der Waals surface area contributed by atoms with Crippen LogP contribution in [-0.4, -0.2) is 25.4 Å². The number of benzene rings is 1. The highest BCUT2D eigenvalue weighted by molar-refractivity contribution is 6.32. The predicted octanol–water partition coefficient (Wildman–Crippen LogP) is 1.36. The van der Waals surface area contributed by atoms with E-state index in [4.69, 9.17) is 39.0 Å². The maximum atomic E-state index is 6.13. The van der Waals surface area contributed by atoms with Gasteiger partial charge >= 0.3 is 0 Å². The Bertz CT molecular complexity index is 560. The van der Waals surface area contributed by atoms with Gasteiger partial charge in [0, 0.05) is 5.56 Å². The minimum atomic E-state index is -0.133. The van der Waals surface area contributed by atoms with Crippen molar-refractivity contribution >= 4 is 23.8 Å². The average Bonchev–Trinajstić information content (AvgIpc) is 2.38. The normalized spacial score (nSPS) is 10.1. The molecule has 20 heavy (non-hydrogen) atoms. The minimum Gasteiger partial charge on any atom is -0.490 e. The van der Waals surface area contributed by atoms with E-state index in [-0.39, 0.29) is 12.6 Å². The van der Waals surface area contributed by atoms with Gasteiger partial charge in [-0.1, -0.05) is 17.5 Å². The second kappa shape index (κ2) is 7.92. The molecule has 0 spiro atoms. The van der Waals surface area contributed by atoms with E-state index in [1.54, 1.807) is 12.1 Å². The van der Waals surface area contributed by atoms with Crippen molar-refractivity contribution < 1.29 is 9.47 Å². The Hall–Kier alpha value is -2.39. The van der Waals surface area contributed by atoms with E-state index in [2.05, 4.69) is 16.1 Å². The summed E-state index contributed by atoms with van der Waals surface area (Å²) >= 11 is 6.13. The molecule has 0 amide bonds. The topological polar surface area (TPSA) is 95.2 Å². The second-order valence-electron chi connectivity index (χ2n) is 3.53. The molecule has 0 heterocycles. The van der Waals surface area contributed by atoms with Crippen LogP contribution in [0.5, 0.6) is 11.5 Å². The Balaban J connectivity index is 3.09. The Morgan fingerprint density at radius 2 is 2.20 bits per heavy atom. The first kappa shape index (κ1) is 15.7. The van der Waals surface area contributed by atoms with Gasteiger partial charge in [0.15, 0.2) is 11.5 Å². The number of halogens is 1. The molecule has 0 bridgehead atoms. The monoisotopic (exact) mass is 294 g/mol. The van der Waals surface area contributed by atoms with Crippen LogP contribution in [0.15, 0.2) is 22.3 Å². The summed E-state index contributed by atoms with van der Waals surface area (Å²) in [6.07, 6.45) is 6.60. The summed E-state index contributed by atoms with van der Waals surface area (Å²) in [4.78, 5) is 0. The summed E-state index contributed by atoms with van der Waals surface area (Å²) in [5, 5.41) is 7.56. The highest BCUT2D eigenvalue weighted by atomic mass is 35.5. The van der Waals surface area contributed by atoms with E-state index in [0.717, 1.165) is 0 Å². The van der Waals surface area contributed by atoms with Gasteiger partial charge in [0.05, 0.1) is 17.8 Å². The van der Waals surface area contributed by atoms with Gasteiger partial charge in [-0.25, -0.2) is 0 Å². The third-order valence-corrected chi connectivity index (χ3v) is 2.29. The number of ether oxygens (including phenoxy) is 2. The minimum absolute atomic E-state index is 0.0984. The molecule has 1 rings (SSSR count). The summed E-state index contributed by atoms with van der Waals surface area (Å²) in [5.74, 6) is 3.10. The molecule has 0 aromatic heterocycles. The molecule has 0 radical (unpaired) electrons. The Morgan fingerprint density at radius 1 is 1.45 bits per heavy atom. The van der Waals surface area contributed by atoms with E-state index >= 15 is 0 Å². The van der Waals surface area contributed by atoms with Crippen molar-refractivity contribution in [1.82, 2.24) is 0 Å². The largest absolute Gasteiger partial charge is 0.490 e. The standard InChI is InChI=1S/C13H15ClN4O2/c1-3-5-20-12-10(14)6-9(7-11(12)19-4-2)8-17-18-13(15)16/h1,6-8H,4-5H2,2H3,(H4,15,16,18)/b17-8+. The molecular formula is C13H15ClN4O2. The van der Waals surface area contributed by atoms with Crippen molar-refractivity contribution in [2.75, 3.05) is 13.2 Å². The van der Waals surface area contributed by atoms with Crippen LogP contribution in [0, 0.1) is 12.3 Å². The second-order valence-corrected chi connectivity index (χ2v) is 3.93. The molecule has 0 saturated carbocycles. The van der Waals surface area contributed by atoms with Gasteiger partial charge in [0.25, 0.3) is 0 Å². The van der Waals surface area contributed by atoms with Crippen molar-refractivity contribution in [3.05, 3.63) is 22.7 Å². The number of guanidine groups is 1. The predicted molar refractivity (Wildman–Crippen MR) is 80.4 cm³/mol. The zero-order valence-corrected chi connectivity index (χ0v) is 11.7. The molecule has 0 fully saturated rings. The first-order valence-corrected chi connectivity index (χ1v) is 6.10. The molecule has 0 atom stereocenters. The summed E-state index contributed by atoms with van der Waals surface area (Å²) < 4.78 is 10.8. The number of nitrogens with two attached hydrogens (primary N) is 2. The van der Waals surface area contributed by atoms with Crippen molar-refractivity contribution in [2.45, 2.75) is 6.92 Å². The molecule has 0 unspecified atom stereocenters.